The van der Waals surface area contributed by atoms with Gasteiger partial charge in [0.1, 0.15) is 11.3 Å². The molecule has 130 valence electrons. The summed E-state index contributed by atoms with van der Waals surface area (Å²) in [6.07, 6.45) is 0. The number of nitrogens with one attached hydrogen (secondary N) is 1. The van der Waals surface area contributed by atoms with Gasteiger partial charge >= 0.3 is 0 Å². The molecule has 3 N–H and O–H groups in total. The van der Waals surface area contributed by atoms with Crippen LogP contribution in [0.25, 0.3) is 11.0 Å². The first-order chi connectivity index (χ1) is 11.8. The number of hydrogen-bond acceptors (Lipinski definition) is 5. The van der Waals surface area contributed by atoms with Crippen LogP contribution in [0, 0.1) is 6.92 Å². The molecule has 0 unspecified atom stereocenters. The number of aryl methyl sites for hydroxylation is 1. The summed E-state index contributed by atoms with van der Waals surface area (Å²) in [5, 5.41) is 8.50. The number of primary sulfonamides is 1. The molecule has 0 aliphatic rings. The molecule has 0 saturated heterocycles. The van der Waals surface area contributed by atoms with Crippen LogP contribution in [0.1, 0.15) is 16.1 Å². The van der Waals surface area contributed by atoms with Gasteiger partial charge in [-0.25, -0.2) is 13.6 Å². The molecule has 0 spiro atoms. The number of furan rings is 1. The normalized spacial score (nSPS) is 11.5. The van der Waals surface area contributed by atoms with Crippen molar-refractivity contribution in [3.63, 3.8) is 0 Å². The first-order valence-electron chi connectivity index (χ1n) is 7.31. The lowest BCUT2D eigenvalue weighted by molar-refractivity contribution is 0.0998. The minimum Gasteiger partial charge on any atom is -0.497 e. The van der Waals surface area contributed by atoms with E-state index in [2.05, 4.69) is 5.32 Å². The molecule has 8 heteroatoms. The zero-order chi connectivity index (χ0) is 18.2. The van der Waals surface area contributed by atoms with Gasteiger partial charge in [-0.1, -0.05) is 0 Å². The first-order valence-corrected chi connectivity index (χ1v) is 8.85. The van der Waals surface area contributed by atoms with Crippen molar-refractivity contribution >= 4 is 32.6 Å². The molecule has 7 nitrogen and oxygen atoms in total. The Labute approximate surface area is 144 Å². The number of rotatable bonds is 4. The Kier molecular flexibility index (Phi) is 4.23. The number of sulfonamides is 1. The maximum atomic E-state index is 12.5. The van der Waals surface area contributed by atoms with Crippen molar-refractivity contribution in [3.8, 4) is 5.75 Å². The van der Waals surface area contributed by atoms with E-state index in [1.54, 1.807) is 32.2 Å². The highest BCUT2D eigenvalue weighted by Gasteiger charge is 2.18. The van der Waals surface area contributed by atoms with Crippen molar-refractivity contribution in [2.45, 2.75) is 11.8 Å². The number of carbonyl (C=O) groups is 1. The lowest BCUT2D eigenvalue weighted by Gasteiger charge is -2.05. The number of benzene rings is 2. The van der Waals surface area contributed by atoms with Gasteiger partial charge in [0.05, 0.1) is 12.0 Å². The summed E-state index contributed by atoms with van der Waals surface area (Å²) in [7, 11) is -2.21. The van der Waals surface area contributed by atoms with E-state index < -0.39 is 15.9 Å². The number of methoxy groups -OCH3 is 1. The van der Waals surface area contributed by atoms with E-state index in [9.17, 15) is 13.2 Å². The third-order valence-electron chi connectivity index (χ3n) is 3.79. The van der Waals surface area contributed by atoms with Crippen LogP contribution in [0.4, 0.5) is 5.69 Å². The molecule has 1 aromatic heterocycles. The lowest BCUT2D eigenvalue weighted by atomic mass is 10.1. The molecule has 0 aliphatic heterocycles. The summed E-state index contributed by atoms with van der Waals surface area (Å²) < 4.78 is 33.3. The fraction of sp³-hybridized carbons (Fsp3) is 0.118. The van der Waals surface area contributed by atoms with Crippen LogP contribution in [0.2, 0.25) is 0 Å². The predicted molar refractivity (Wildman–Crippen MR) is 93.3 cm³/mol. The average molecular weight is 360 g/mol. The molecule has 25 heavy (non-hydrogen) atoms. The highest BCUT2D eigenvalue weighted by atomic mass is 32.2. The van der Waals surface area contributed by atoms with Crippen LogP contribution in [-0.4, -0.2) is 21.4 Å². The molecule has 0 bridgehead atoms. The van der Waals surface area contributed by atoms with Crippen LogP contribution >= 0.6 is 0 Å². The van der Waals surface area contributed by atoms with Gasteiger partial charge < -0.3 is 14.5 Å². The number of ether oxygens (including phenoxy) is 1. The van der Waals surface area contributed by atoms with E-state index in [4.69, 9.17) is 14.3 Å². The molecule has 0 saturated carbocycles. The van der Waals surface area contributed by atoms with E-state index in [-0.39, 0.29) is 10.7 Å². The predicted octanol–water partition coefficient (Wildman–Crippen LogP) is 2.65. The van der Waals surface area contributed by atoms with E-state index in [0.717, 1.165) is 5.39 Å². The Morgan fingerprint density at radius 3 is 2.44 bits per heavy atom. The molecular formula is C17H16N2O5S. The summed E-state index contributed by atoms with van der Waals surface area (Å²) in [5.41, 5.74) is 1.69. The van der Waals surface area contributed by atoms with Gasteiger partial charge in [-0.3, -0.25) is 4.79 Å². The Bertz CT molecular complexity index is 1050. The number of amides is 1. The van der Waals surface area contributed by atoms with Crippen LogP contribution in [-0.2, 0) is 10.0 Å². The van der Waals surface area contributed by atoms with E-state index >= 15 is 0 Å². The number of hydrogen-bond donors (Lipinski definition) is 2. The zero-order valence-corrected chi connectivity index (χ0v) is 14.4. The van der Waals surface area contributed by atoms with Gasteiger partial charge in [0.25, 0.3) is 5.91 Å². The molecule has 1 amide bonds. The topological polar surface area (TPSA) is 112 Å². The summed E-state index contributed by atoms with van der Waals surface area (Å²) in [5.74, 6) is 0.414. The lowest BCUT2D eigenvalue weighted by Crippen LogP contribution is -2.14. The number of carbonyl (C=O) groups excluding carboxylic acids is 1. The highest BCUT2D eigenvalue weighted by molar-refractivity contribution is 7.89. The minimum absolute atomic E-state index is 0.0301. The number of fused-ring (bicyclic) bond motifs is 1. The summed E-state index contributed by atoms with van der Waals surface area (Å²) in [6.45, 7) is 1.78. The minimum atomic E-state index is -3.77. The van der Waals surface area contributed by atoms with Crippen molar-refractivity contribution in [1.82, 2.24) is 0 Å². The Balaban J connectivity index is 1.88. The van der Waals surface area contributed by atoms with Crippen molar-refractivity contribution in [3.05, 3.63) is 53.8 Å². The largest absolute Gasteiger partial charge is 0.497 e. The molecule has 3 aromatic rings. The van der Waals surface area contributed by atoms with Crippen LogP contribution in [0.15, 0.2) is 51.8 Å². The van der Waals surface area contributed by atoms with Gasteiger partial charge in [0, 0.05) is 16.6 Å². The van der Waals surface area contributed by atoms with Gasteiger partial charge in [-0.15, -0.1) is 0 Å². The fourth-order valence-electron chi connectivity index (χ4n) is 2.46. The molecule has 3 rings (SSSR count). The van der Waals surface area contributed by atoms with Crippen molar-refractivity contribution in [1.29, 1.82) is 0 Å². The maximum absolute atomic E-state index is 12.5. The second-order valence-electron chi connectivity index (χ2n) is 5.44. The monoisotopic (exact) mass is 360 g/mol. The van der Waals surface area contributed by atoms with Crippen molar-refractivity contribution in [2.24, 2.45) is 5.14 Å². The van der Waals surface area contributed by atoms with Gasteiger partial charge in [-0.05, 0) is 49.4 Å². The van der Waals surface area contributed by atoms with E-state index in [1.807, 2.05) is 0 Å². The maximum Gasteiger partial charge on any atom is 0.291 e. The SMILES string of the molecule is COc1ccc2oc(C(=O)Nc3ccc(S(N)(=O)=O)cc3)c(C)c2c1. The average Bonchev–Trinajstić information content (AvgIpc) is 2.91. The number of anilines is 1. The van der Waals surface area contributed by atoms with Crippen LogP contribution in [0.5, 0.6) is 5.75 Å². The van der Waals surface area contributed by atoms with E-state index in [1.165, 1.54) is 24.3 Å². The van der Waals surface area contributed by atoms with Gasteiger partial charge in [0.15, 0.2) is 5.76 Å². The van der Waals surface area contributed by atoms with Gasteiger partial charge in [-0.2, -0.15) is 0 Å². The molecule has 2 aromatic carbocycles. The van der Waals surface area contributed by atoms with Crippen LogP contribution in [0.3, 0.4) is 0 Å². The third-order valence-corrected chi connectivity index (χ3v) is 4.72. The molecule has 0 aliphatic carbocycles. The number of nitrogens with two attached hydrogens (primary N) is 1. The molecular weight excluding hydrogens is 344 g/mol. The molecule has 1 heterocycles. The Morgan fingerprint density at radius 1 is 1.16 bits per heavy atom. The Hall–Kier alpha value is -2.84. The second-order valence-corrected chi connectivity index (χ2v) is 7.00. The van der Waals surface area contributed by atoms with E-state index in [0.29, 0.717) is 22.6 Å². The van der Waals surface area contributed by atoms with Gasteiger partial charge in [0.2, 0.25) is 10.0 Å². The molecule has 0 atom stereocenters. The third kappa shape index (κ3) is 3.35. The van der Waals surface area contributed by atoms with Crippen molar-refractivity contribution < 1.29 is 22.4 Å². The van der Waals surface area contributed by atoms with Crippen molar-refractivity contribution in [2.75, 3.05) is 12.4 Å². The molecule has 0 radical (unpaired) electrons. The first kappa shape index (κ1) is 17.0. The quantitative estimate of drug-likeness (QED) is 0.743. The Morgan fingerprint density at radius 2 is 1.84 bits per heavy atom. The van der Waals surface area contributed by atoms with Crippen LogP contribution < -0.4 is 15.2 Å². The summed E-state index contributed by atoms with van der Waals surface area (Å²) in [6, 6.07) is 10.8. The second kappa shape index (κ2) is 6.23. The summed E-state index contributed by atoms with van der Waals surface area (Å²) >= 11 is 0. The smallest absolute Gasteiger partial charge is 0.291 e. The zero-order valence-electron chi connectivity index (χ0n) is 13.6. The standard InChI is InChI=1S/C17H16N2O5S/c1-10-14-9-12(23-2)5-8-15(14)24-16(10)17(20)19-11-3-6-13(7-4-11)25(18,21)22/h3-9H,1-2H3,(H,19,20)(H2,18,21,22). The molecule has 0 fully saturated rings. The highest BCUT2D eigenvalue weighted by Crippen LogP contribution is 2.29. The fourth-order valence-corrected chi connectivity index (χ4v) is 2.97. The summed E-state index contributed by atoms with van der Waals surface area (Å²) in [4.78, 5) is 12.4.